The summed E-state index contributed by atoms with van der Waals surface area (Å²) in [6.45, 7) is 7.75. The molecule has 0 aliphatic heterocycles. The monoisotopic (exact) mass is 321 g/mol. The van der Waals surface area contributed by atoms with Crippen LogP contribution in [-0.4, -0.2) is 10.8 Å². The van der Waals surface area contributed by atoms with Gasteiger partial charge >= 0.3 is 0 Å². The number of aromatic nitrogens is 1. The Labute approximate surface area is 142 Å². The number of nitrogens with one attached hydrogen (secondary N) is 1. The van der Waals surface area contributed by atoms with Crippen LogP contribution in [-0.2, 0) is 0 Å². The number of allylic oxidation sites excluding steroid dienone is 1. The third-order valence-electron chi connectivity index (χ3n) is 3.99. The van der Waals surface area contributed by atoms with Gasteiger partial charge in [-0.25, -0.2) is 0 Å². The number of hydrogen-bond acceptors (Lipinski definition) is 2. The number of benzene rings is 1. The highest BCUT2D eigenvalue weighted by Gasteiger charge is 2.12. The highest BCUT2D eigenvalue weighted by Crippen LogP contribution is 2.06. The maximum atomic E-state index is 12.6. The van der Waals surface area contributed by atoms with Crippen molar-refractivity contribution in [2.24, 2.45) is 0 Å². The van der Waals surface area contributed by atoms with E-state index in [1.165, 1.54) is 6.08 Å². The number of hydrogen-bond donors (Lipinski definition) is 1. The lowest BCUT2D eigenvalue weighted by Gasteiger charge is -2.04. The van der Waals surface area contributed by atoms with Crippen molar-refractivity contribution in [1.82, 2.24) is 4.98 Å². The fraction of sp³-hybridized carbons (Fsp3) is 0.238. The van der Waals surface area contributed by atoms with E-state index in [0.29, 0.717) is 0 Å². The summed E-state index contributed by atoms with van der Waals surface area (Å²) in [4.78, 5) is 27.7. The molecule has 124 valence electrons. The van der Waals surface area contributed by atoms with Crippen molar-refractivity contribution in [3.63, 3.8) is 0 Å². The second kappa shape index (κ2) is 7.73. The quantitative estimate of drug-likeness (QED) is 0.695. The van der Waals surface area contributed by atoms with Crippen molar-refractivity contribution in [3.05, 3.63) is 73.5 Å². The zero-order valence-electron chi connectivity index (χ0n) is 14.6. The lowest BCUT2D eigenvalue weighted by molar-refractivity contribution is 0.104. The predicted molar refractivity (Wildman–Crippen MR) is 100 cm³/mol. The standard InChI is InChI=1S/C21H23NO2/c1-5-7-17-15(4)20(21(24)22-18(17)6-2)19(23)13-12-16-10-8-14(3)9-11-16/h6-13H,5H2,1-4H3,(H,22,24)/b13-12+,17-7-,18-6+. The van der Waals surface area contributed by atoms with Gasteiger partial charge in [-0.2, -0.15) is 0 Å². The summed E-state index contributed by atoms with van der Waals surface area (Å²) in [5.41, 5.74) is 2.70. The Morgan fingerprint density at radius 1 is 1.17 bits per heavy atom. The summed E-state index contributed by atoms with van der Waals surface area (Å²) in [5.74, 6) is -0.275. The number of aryl methyl sites for hydroxylation is 1. The summed E-state index contributed by atoms with van der Waals surface area (Å²) in [6.07, 6.45) is 7.92. The minimum atomic E-state index is -0.340. The molecule has 0 aliphatic rings. The minimum Gasteiger partial charge on any atom is -0.322 e. The van der Waals surface area contributed by atoms with Gasteiger partial charge in [0.1, 0.15) is 0 Å². The molecule has 0 spiro atoms. The van der Waals surface area contributed by atoms with E-state index in [0.717, 1.165) is 33.7 Å². The Hall–Kier alpha value is -2.68. The molecule has 3 nitrogen and oxygen atoms in total. The summed E-state index contributed by atoms with van der Waals surface area (Å²) >= 11 is 0. The molecule has 24 heavy (non-hydrogen) atoms. The van der Waals surface area contributed by atoms with E-state index in [4.69, 9.17) is 0 Å². The number of aromatic amines is 1. The molecule has 3 heteroatoms. The SMILES string of the molecule is C/C=c1/[nH]c(=O)c(C(=O)/C=C/c2ccc(C)cc2)c(C)/c1=C/CC. The molecule has 0 fully saturated rings. The minimum absolute atomic E-state index is 0.212. The van der Waals surface area contributed by atoms with Gasteiger partial charge in [-0.1, -0.05) is 55.0 Å². The number of carbonyl (C=O) groups excluding carboxylic acids is 1. The normalized spacial score (nSPS) is 13.0. The largest absolute Gasteiger partial charge is 0.322 e. The molecule has 1 heterocycles. The van der Waals surface area contributed by atoms with Crippen LogP contribution in [0.2, 0.25) is 0 Å². The van der Waals surface area contributed by atoms with E-state index < -0.39 is 0 Å². The van der Waals surface area contributed by atoms with Gasteiger partial charge in [0.2, 0.25) is 0 Å². The van der Waals surface area contributed by atoms with Gasteiger partial charge in [0.25, 0.3) is 5.56 Å². The van der Waals surface area contributed by atoms with Crippen LogP contribution >= 0.6 is 0 Å². The average Bonchev–Trinajstić information content (AvgIpc) is 2.56. The highest BCUT2D eigenvalue weighted by atomic mass is 16.1. The molecule has 1 N–H and O–H groups in total. The van der Waals surface area contributed by atoms with Crippen LogP contribution in [0.4, 0.5) is 0 Å². The molecule has 1 aromatic carbocycles. The van der Waals surface area contributed by atoms with Crippen LogP contribution in [0.1, 0.15) is 47.3 Å². The van der Waals surface area contributed by atoms with E-state index in [2.05, 4.69) is 4.98 Å². The maximum Gasteiger partial charge on any atom is 0.259 e. The van der Waals surface area contributed by atoms with Crippen molar-refractivity contribution in [2.45, 2.75) is 34.1 Å². The van der Waals surface area contributed by atoms with Gasteiger partial charge in [0, 0.05) is 5.35 Å². The Kier molecular flexibility index (Phi) is 5.69. The second-order valence-corrected chi connectivity index (χ2v) is 5.79. The molecule has 2 aromatic rings. The number of ketones is 1. The predicted octanol–water partition coefficient (Wildman–Crippen LogP) is 2.88. The lowest BCUT2D eigenvalue weighted by Crippen LogP contribution is -2.40. The Morgan fingerprint density at radius 3 is 2.42 bits per heavy atom. The van der Waals surface area contributed by atoms with E-state index in [9.17, 15) is 9.59 Å². The zero-order chi connectivity index (χ0) is 17.7. The third-order valence-corrected chi connectivity index (χ3v) is 3.99. The Bertz CT molecular complexity index is 945. The fourth-order valence-corrected chi connectivity index (χ4v) is 2.68. The number of pyridine rings is 1. The molecule has 0 radical (unpaired) electrons. The molecule has 2 rings (SSSR count). The van der Waals surface area contributed by atoms with Crippen molar-refractivity contribution in [1.29, 1.82) is 0 Å². The first-order valence-corrected chi connectivity index (χ1v) is 8.16. The Balaban J connectivity index is 2.50. The summed E-state index contributed by atoms with van der Waals surface area (Å²) in [6, 6.07) is 7.87. The summed E-state index contributed by atoms with van der Waals surface area (Å²) in [5, 5.41) is 1.69. The van der Waals surface area contributed by atoms with E-state index in [-0.39, 0.29) is 16.9 Å². The average molecular weight is 321 g/mol. The van der Waals surface area contributed by atoms with Crippen LogP contribution in [0, 0.1) is 13.8 Å². The topological polar surface area (TPSA) is 49.9 Å². The van der Waals surface area contributed by atoms with Crippen LogP contribution in [0.25, 0.3) is 18.2 Å². The Morgan fingerprint density at radius 2 is 1.83 bits per heavy atom. The molecule has 0 saturated carbocycles. The summed E-state index contributed by atoms with van der Waals surface area (Å²) < 4.78 is 0. The smallest absolute Gasteiger partial charge is 0.259 e. The van der Waals surface area contributed by atoms with Crippen molar-refractivity contribution in [3.8, 4) is 0 Å². The molecular weight excluding hydrogens is 298 g/mol. The van der Waals surface area contributed by atoms with Gasteiger partial charge < -0.3 is 4.98 Å². The van der Waals surface area contributed by atoms with Gasteiger partial charge in [-0.05, 0) is 49.6 Å². The lowest BCUT2D eigenvalue weighted by atomic mass is 10.0. The molecule has 1 aromatic heterocycles. The summed E-state index contributed by atoms with van der Waals surface area (Å²) in [7, 11) is 0. The first-order valence-electron chi connectivity index (χ1n) is 8.16. The number of rotatable bonds is 4. The van der Waals surface area contributed by atoms with Crippen molar-refractivity contribution >= 4 is 24.0 Å². The van der Waals surface area contributed by atoms with Gasteiger partial charge in [-0.15, -0.1) is 0 Å². The van der Waals surface area contributed by atoms with Crippen LogP contribution in [0.5, 0.6) is 0 Å². The zero-order valence-corrected chi connectivity index (χ0v) is 14.6. The molecule has 0 saturated heterocycles. The van der Waals surface area contributed by atoms with Gasteiger partial charge in [0.05, 0.1) is 5.56 Å². The number of carbonyl (C=O) groups is 1. The molecule has 0 amide bonds. The fourth-order valence-electron chi connectivity index (χ4n) is 2.68. The van der Waals surface area contributed by atoms with Gasteiger partial charge in [0.15, 0.2) is 5.78 Å². The van der Waals surface area contributed by atoms with E-state index in [1.54, 1.807) is 6.08 Å². The molecule has 0 atom stereocenters. The van der Waals surface area contributed by atoms with Crippen LogP contribution in [0.3, 0.4) is 0 Å². The van der Waals surface area contributed by atoms with Crippen LogP contribution < -0.4 is 16.1 Å². The third kappa shape index (κ3) is 3.80. The molecule has 0 bridgehead atoms. The van der Waals surface area contributed by atoms with Crippen LogP contribution in [0.15, 0.2) is 35.1 Å². The first kappa shape index (κ1) is 17.7. The molecular formula is C21H23NO2. The van der Waals surface area contributed by atoms with E-state index >= 15 is 0 Å². The maximum absolute atomic E-state index is 12.6. The molecule has 0 aliphatic carbocycles. The van der Waals surface area contributed by atoms with Gasteiger partial charge in [-0.3, -0.25) is 9.59 Å². The second-order valence-electron chi connectivity index (χ2n) is 5.79. The van der Waals surface area contributed by atoms with E-state index in [1.807, 2.05) is 64.1 Å². The van der Waals surface area contributed by atoms with Crippen molar-refractivity contribution in [2.75, 3.05) is 0 Å². The number of H-pyrrole nitrogens is 1. The highest BCUT2D eigenvalue weighted by molar-refractivity contribution is 6.07. The molecule has 0 unspecified atom stereocenters. The van der Waals surface area contributed by atoms with Crippen molar-refractivity contribution < 1.29 is 4.79 Å². The first-order chi connectivity index (χ1) is 11.5.